The van der Waals surface area contributed by atoms with Gasteiger partial charge >= 0.3 is 0 Å². The largest absolute Gasteiger partial charge is 0.357 e. The zero-order valence-corrected chi connectivity index (χ0v) is 21.6. The number of halogens is 1. The molecule has 3 rings (SSSR count). The number of aliphatic imine (C=N–C) groups is 1. The highest BCUT2D eigenvalue weighted by Crippen LogP contribution is 2.19. The van der Waals surface area contributed by atoms with Crippen LogP contribution in [0.3, 0.4) is 0 Å². The summed E-state index contributed by atoms with van der Waals surface area (Å²) in [5, 5.41) is 11.4. The first-order valence-electron chi connectivity index (χ1n) is 10.2. The molecule has 2 aromatic heterocycles. The van der Waals surface area contributed by atoms with Crippen molar-refractivity contribution in [3.63, 3.8) is 0 Å². The number of rotatable bonds is 8. The van der Waals surface area contributed by atoms with E-state index in [2.05, 4.69) is 51.7 Å². The molecule has 1 aliphatic rings. The van der Waals surface area contributed by atoms with Crippen LogP contribution in [0.1, 0.15) is 47.3 Å². The molecular weight excluding hydrogens is 515 g/mol. The number of likely N-dealkylation sites (tertiary alicyclic amines) is 1. The van der Waals surface area contributed by atoms with E-state index in [1.807, 2.05) is 6.20 Å². The molecule has 0 radical (unpaired) electrons. The first-order valence-corrected chi connectivity index (χ1v) is 11.9. The molecule has 3 heterocycles. The van der Waals surface area contributed by atoms with Gasteiger partial charge in [0, 0.05) is 36.1 Å². The van der Waals surface area contributed by atoms with E-state index in [4.69, 9.17) is 4.98 Å². The Labute approximate surface area is 199 Å². The second kappa shape index (κ2) is 12.8. The summed E-state index contributed by atoms with van der Waals surface area (Å²) in [6.07, 6.45) is 5.40. The minimum absolute atomic E-state index is 0. The van der Waals surface area contributed by atoms with Gasteiger partial charge in [-0.3, -0.25) is 4.90 Å². The molecule has 9 heteroatoms. The van der Waals surface area contributed by atoms with Gasteiger partial charge in [0.25, 0.3) is 0 Å². The maximum Gasteiger partial charge on any atom is 0.191 e. The quantitative estimate of drug-likeness (QED) is 0.296. The molecule has 1 aliphatic heterocycles. The van der Waals surface area contributed by atoms with Gasteiger partial charge in [-0.1, -0.05) is 6.92 Å². The maximum absolute atomic E-state index is 4.71. The average Bonchev–Trinajstić information content (AvgIpc) is 3.33. The van der Waals surface area contributed by atoms with Crippen LogP contribution in [0.4, 0.5) is 0 Å². The van der Waals surface area contributed by atoms with Gasteiger partial charge < -0.3 is 10.6 Å². The van der Waals surface area contributed by atoms with Gasteiger partial charge in [0.2, 0.25) is 0 Å². The molecular formula is C20H33IN6S2. The van der Waals surface area contributed by atoms with Gasteiger partial charge in [-0.2, -0.15) is 0 Å². The van der Waals surface area contributed by atoms with Crippen LogP contribution in [-0.4, -0.2) is 47.0 Å². The minimum atomic E-state index is 0. The molecule has 0 unspecified atom stereocenters. The predicted octanol–water partition coefficient (Wildman–Crippen LogP) is 4.06. The summed E-state index contributed by atoms with van der Waals surface area (Å²) in [4.78, 5) is 17.6. The van der Waals surface area contributed by atoms with Gasteiger partial charge in [-0.25, -0.2) is 15.0 Å². The van der Waals surface area contributed by atoms with Crippen LogP contribution in [0.15, 0.2) is 16.6 Å². The lowest BCUT2D eigenvalue weighted by Gasteiger charge is -2.31. The molecule has 6 nitrogen and oxygen atoms in total. The maximum atomic E-state index is 4.71. The van der Waals surface area contributed by atoms with Crippen LogP contribution < -0.4 is 10.6 Å². The summed E-state index contributed by atoms with van der Waals surface area (Å²) >= 11 is 3.50. The van der Waals surface area contributed by atoms with Crippen LogP contribution in [0.25, 0.3) is 0 Å². The van der Waals surface area contributed by atoms with Crippen molar-refractivity contribution in [3.05, 3.63) is 32.2 Å². The smallest absolute Gasteiger partial charge is 0.191 e. The summed E-state index contributed by atoms with van der Waals surface area (Å²) in [5.41, 5.74) is 1.23. The Morgan fingerprint density at radius 2 is 2.03 bits per heavy atom. The molecule has 0 spiro atoms. The van der Waals surface area contributed by atoms with Crippen molar-refractivity contribution in [3.8, 4) is 0 Å². The highest BCUT2D eigenvalue weighted by atomic mass is 127. The monoisotopic (exact) mass is 548 g/mol. The Hall–Kier alpha value is -0.780. The summed E-state index contributed by atoms with van der Waals surface area (Å²) in [6, 6.07) is 0. The molecule has 2 aromatic rings. The van der Waals surface area contributed by atoms with Crippen molar-refractivity contribution in [2.45, 2.75) is 53.1 Å². The van der Waals surface area contributed by atoms with E-state index in [9.17, 15) is 0 Å². The molecule has 0 saturated carbocycles. The van der Waals surface area contributed by atoms with E-state index in [0.717, 1.165) is 50.1 Å². The predicted molar refractivity (Wildman–Crippen MR) is 135 cm³/mol. The molecule has 29 heavy (non-hydrogen) atoms. The van der Waals surface area contributed by atoms with E-state index in [1.165, 1.54) is 28.4 Å². The lowest BCUT2D eigenvalue weighted by Crippen LogP contribution is -2.42. The molecule has 0 bridgehead atoms. The Morgan fingerprint density at radius 3 is 2.66 bits per heavy atom. The van der Waals surface area contributed by atoms with Crippen LogP contribution in [0.2, 0.25) is 0 Å². The fourth-order valence-corrected chi connectivity index (χ4v) is 4.81. The van der Waals surface area contributed by atoms with E-state index >= 15 is 0 Å². The van der Waals surface area contributed by atoms with Gasteiger partial charge in [-0.15, -0.1) is 46.7 Å². The van der Waals surface area contributed by atoms with Crippen molar-refractivity contribution in [2.24, 2.45) is 10.9 Å². The van der Waals surface area contributed by atoms with Crippen LogP contribution >= 0.6 is 46.7 Å². The number of guanidine groups is 1. The third-order valence-electron chi connectivity index (χ3n) is 4.94. The number of aromatic nitrogens is 2. The van der Waals surface area contributed by atoms with Crippen LogP contribution in [0, 0.1) is 12.8 Å². The van der Waals surface area contributed by atoms with E-state index in [1.54, 1.807) is 22.7 Å². The van der Waals surface area contributed by atoms with Gasteiger partial charge in [0.15, 0.2) is 5.96 Å². The second-order valence-corrected chi connectivity index (χ2v) is 9.51. The van der Waals surface area contributed by atoms with E-state index in [0.29, 0.717) is 12.5 Å². The van der Waals surface area contributed by atoms with Crippen LogP contribution in [0.5, 0.6) is 0 Å². The first kappa shape index (κ1) is 24.5. The number of nitrogens with one attached hydrogen (secondary N) is 2. The average molecular weight is 549 g/mol. The molecule has 0 aromatic carbocycles. The number of nitrogens with zero attached hydrogens (tertiary/aromatic N) is 4. The van der Waals surface area contributed by atoms with Crippen LogP contribution in [-0.2, 0) is 19.5 Å². The Kier molecular flexibility index (Phi) is 10.8. The Balaban J connectivity index is 0.00000300. The summed E-state index contributed by atoms with van der Waals surface area (Å²) in [5.74, 6) is 1.59. The lowest BCUT2D eigenvalue weighted by atomic mass is 9.97. The summed E-state index contributed by atoms with van der Waals surface area (Å²) in [7, 11) is 0. The molecule has 1 saturated heterocycles. The summed E-state index contributed by atoms with van der Waals surface area (Å²) < 4.78 is 0. The lowest BCUT2D eigenvalue weighted by molar-refractivity contribution is 0.176. The number of hydrogen-bond donors (Lipinski definition) is 2. The van der Waals surface area contributed by atoms with Gasteiger partial charge in [-0.05, 0) is 52.1 Å². The fourth-order valence-electron chi connectivity index (χ4n) is 3.37. The second-order valence-electron chi connectivity index (χ2n) is 7.25. The molecule has 162 valence electrons. The van der Waals surface area contributed by atoms with Crippen molar-refractivity contribution >= 4 is 52.6 Å². The molecule has 0 aliphatic carbocycles. The Morgan fingerprint density at radius 1 is 1.24 bits per heavy atom. The van der Waals surface area contributed by atoms with Gasteiger partial charge in [0.05, 0.1) is 17.2 Å². The minimum Gasteiger partial charge on any atom is -0.357 e. The van der Waals surface area contributed by atoms with Crippen molar-refractivity contribution in [1.82, 2.24) is 25.5 Å². The number of aryl methyl sites for hydroxylation is 2. The highest BCUT2D eigenvalue weighted by molar-refractivity contribution is 14.0. The summed E-state index contributed by atoms with van der Waals surface area (Å²) in [6.45, 7) is 12.1. The standard InChI is InChI=1S/C20H32N6S2.HI/c1-4-18-25-17(14-27-18)13-26-8-6-16(7-9-26)11-23-20(21-5-2)24-12-19-22-10-15(3)28-19;/h10,14,16H,4-9,11-13H2,1-3H3,(H2,21,23,24);1H. The van der Waals surface area contributed by atoms with Crippen molar-refractivity contribution in [1.29, 1.82) is 0 Å². The van der Waals surface area contributed by atoms with Gasteiger partial charge in [0.1, 0.15) is 5.01 Å². The highest BCUT2D eigenvalue weighted by Gasteiger charge is 2.20. The number of hydrogen-bond acceptors (Lipinski definition) is 6. The molecule has 0 amide bonds. The topological polar surface area (TPSA) is 65.4 Å². The zero-order chi connectivity index (χ0) is 19.8. The van der Waals surface area contributed by atoms with E-state index in [-0.39, 0.29) is 24.0 Å². The molecule has 0 atom stereocenters. The third-order valence-corrected chi connectivity index (χ3v) is 6.88. The molecule has 2 N–H and O–H groups in total. The number of thiazole rings is 2. The number of piperidine rings is 1. The SMILES string of the molecule is CCNC(=NCc1ncc(C)s1)NCC1CCN(Cc2csc(CC)n2)CC1.I. The first-order chi connectivity index (χ1) is 13.7. The van der Waals surface area contributed by atoms with Crippen molar-refractivity contribution in [2.75, 3.05) is 26.2 Å². The van der Waals surface area contributed by atoms with E-state index < -0.39 is 0 Å². The van der Waals surface area contributed by atoms with Crippen molar-refractivity contribution < 1.29 is 0 Å². The third kappa shape index (κ3) is 8.10. The Bertz CT molecular complexity index is 752. The molecule has 1 fully saturated rings. The fraction of sp³-hybridized carbons (Fsp3) is 0.650. The zero-order valence-electron chi connectivity index (χ0n) is 17.6. The normalized spacial score (nSPS) is 15.9.